The Morgan fingerprint density at radius 1 is 0.765 bits per heavy atom. The molecule has 0 bridgehead atoms. The van der Waals surface area contributed by atoms with Crippen molar-refractivity contribution in [3.63, 3.8) is 0 Å². The first-order valence-corrected chi connectivity index (χ1v) is 5.91. The molecule has 0 atom stereocenters. The Hall–Kier alpha value is -1.60. The van der Waals surface area contributed by atoms with Crippen LogP contribution >= 0.6 is 0 Å². The van der Waals surface area contributed by atoms with Crippen LogP contribution in [-0.2, 0) is 0 Å². The van der Waals surface area contributed by atoms with Gasteiger partial charge in [-0.05, 0) is 25.0 Å². The van der Waals surface area contributed by atoms with Gasteiger partial charge in [0.1, 0.15) is 0 Å². The van der Waals surface area contributed by atoms with Crippen molar-refractivity contribution in [2.45, 2.75) is 25.4 Å². The summed E-state index contributed by atoms with van der Waals surface area (Å²) in [5.41, 5.74) is 1.51. The molecule has 0 saturated heterocycles. The molecular formula is C16H18O. The maximum atomic E-state index is 10.4. The minimum atomic E-state index is -0.775. The van der Waals surface area contributed by atoms with E-state index in [2.05, 4.69) is 24.3 Å². The average Bonchev–Trinajstić information content (AvgIpc) is 2.30. The second kappa shape index (κ2) is 4.72. The minimum Gasteiger partial charge on any atom is -0.389 e. The molecule has 0 aliphatic rings. The minimum absolute atomic E-state index is 0.00454. The van der Waals surface area contributed by atoms with Crippen molar-refractivity contribution in [1.29, 1.82) is 0 Å². The van der Waals surface area contributed by atoms with Gasteiger partial charge in [0.05, 0.1) is 5.60 Å². The topological polar surface area (TPSA) is 20.2 Å². The summed E-state index contributed by atoms with van der Waals surface area (Å²) in [5.74, 6) is 0.00454. The first kappa shape index (κ1) is 11.9. The molecule has 0 aliphatic heterocycles. The highest BCUT2D eigenvalue weighted by molar-refractivity contribution is 5.35. The molecule has 0 heterocycles. The van der Waals surface area contributed by atoms with Gasteiger partial charge >= 0.3 is 0 Å². The molecule has 1 heteroatoms. The summed E-state index contributed by atoms with van der Waals surface area (Å²) >= 11 is 0. The van der Waals surface area contributed by atoms with Crippen molar-refractivity contribution < 1.29 is 5.11 Å². The lowest BCUT2D eigenvalue weighted by molar-refractivity contribution is 0.0628. The smallest absolute Gasteiger partial charge is 0.0700 e. The average molecular weight is 226 g/mol. The number of rotatable bonds is 3. The third-order valence-electron chi connectivity index (χ3n) is 2.97. The Balaban J connectivity index is 2.48. The fraction of sp³-hybridized carbons (Fsp3) is 0.250. The fourth-order valence-electron chi connectivity index (χ4n) is 2.30. The van der Waals surface area contributed by atoms with Gasteiger partial charge in [0.2, 0.25) is 0 Å². The van der Waals surface area contributed by atoms with Crippen molar-refractivity contribution >= 4 is 0 Å². The maximum Gasteiger partial charge on any atom is 0.0700 e. The first-order valence-electron chi connectivity index (χ1n) is 5.91. The third-order valence-corrected chi connectivity index (χ3v) is 2.97. The van der Waals surface area contributed by atoms with Gasteiger partial charge in [0.15, 0.2) is 0 Å². The lowest BCUT2D eigenvalue weighted by atomic mass is 9.79. The van der Waals surface area contributed by atoms with Gasteiger partial charge in [-0.25, -0.2) is 0 Å². The summed E-state index contributed by atoms with van der Waals surface area (Å²) in [6, 6.07) is 20.3. The molecule has 0 fully saturated rings. The molecular weight excluding hydrogens is 208 g/mol. The van der Waals surface area contributed by atoms with Crippen LogP contribution in [0.3, 0.4) is 0 Å². The molecule has 1 N–H and O–H groups in total. The molecule has 0 saturated carbocycles. The van der Waals surface area contributed by atoms with Crippen molar-refractivity contribution in [3.05, 3.63) is 71.8 Å². The third kappa shape index (κ3) is 2.75. The van der Waals surface area contributed by atoms with Gasteiger partial charge in [0.25, 0.3) is 0 Å². The van der Waals surface area contributed by atoms with Gasteiger partial charge in [-0.15, -0.1) is 0 Å². The van der Waals surface area contributed by atoms with Gasteiger partial charge in [-0.2, -0.15) is 0 Å². The molecule has 1 nitrogen and oxygen atoms in total. The van der Waals surface area contributed by atoms with E-state index in [4.69, 9.17) is 0 Å². The molecule has 17 heavy (non-hydrogen) atoms. The Morgan fingerprint density at radius 3 is 1.41 bits per heavy atom. The van der Waals surface area contributed by atoms with Crippen LogP contribution in [0.5, 0.6) is 0 Å². The van der Waals surface area contributed by atoms with E-state index in [1.165, 1.54) is 0 Å². The maximum absolute atomic E-state index is 10.4. The predicted molar refractivity (Wildman–Crippen MR) is 71.0 cm³/mol. The van der Waals surface area contributed by atoms with E-state index in [1.54, 1.807) is 0 Å². The molecule has 88 valence electrons. The van der Waals surface area contributed by atoms with Crippen LogP contribution in [0.15, 0.2) is 60.7 Å². The van der Waals surface area contributed by atoms with E-state index in [0.717, 1.165) is 11.1 Å². The van der Waals surface area contributed by atoms with Crippen LogP contribution in [0.4, 0.5) is 0 Å². The fourth-order valence-corrected chi connectivity index (χ4v) is 2.30. The quantitative estimate of drug-likeness (QED) is 0.848. The van der Waals surface area contributed by atoms with Gasteiger partial charge in [-0.3, -0.25) is 0 Å². The zero-order valence-electron chi connectivity index (χ0n) is 10.3. The Kier molecular flexibility index (Phi) is 3.30. The molecule has 0 unspecified atom stereocenters. The first-order chi connectivity index (χ1) is 8.09. The summed E-state index contributed by atoms with van der Waals surface area (Å²) in [4.78, 5) is 0. The molecule has 0 amide bonds. The van der Waals surface area contributed by atoms with Gasteiger partial charge < -0.3 is 5.11 Å². The Labute approximate surface area is 103 Å². The summed E-state index contributed by atoms with van der Waals surface area (Å²) in [6.07, 6.45) is 0. The largest absolute Gasteiger partial charge is 0.389 e. The SMILES string of the molecule is CC(C)(O)C(c1ccccc1)c1ccccc1. The van der Waals surface area contributed by atoms with E-state index in [1.807, 2.05) is 50.2 Å². The zero-order chi connectivity index (χ0) is 12.3. The van der Waals surface area contributed by atoms with E-state index >= 15 is 0 Å². The van der Waals surface area contributed by atoms with Crippen molar-refractivity contribution in [3.8, 4) is 0 Å². The molecule has 0 aliphatic carbocycles. The van der Waals surface area contributed by atoms with Crippen LogP contribution in [0.25, 0.3) is 0 Å². The molecule has 0 radical (unpaired) electrons. The van der Waals surface area contributed by atoms with Crippen LogP contribution in [0.1, 0.15) is 30.9 Å². The van der Waals surface area contributed by atoms with Crippen molar-refractivity contribution in [1.82, 2.24) is 0 Å². The number of hydrogen-bond acceptors (Lipinski definition) is 1. The van der Waals surface area contributed by atoms with E-state index in [0.29, 0.717) is 0 Å². The summed E-state index contributed by atoms with van der Waals surface area (Å²) < 4.78 is 0. The van der Waals surface area contributed by atoms with E-state index < -0.39 is 5.60 Å². The van der Waals surface area contributed by atoms with Crippen LogP contribution < -0.4 is 0 Å². The van der Waals surface area contributed by atoms with Crippen molar-refractivity contribution in [2.75, 3.05) is 0 Å². The highest BCUT2D eigenvalue weighted by Crippen LogP contribution is 2.34. The molecule has 0 aromatic heterocycles. The van der Waals surface area contributed by atoms with Crippen molar-refractivity contribution in [2.24, 2.45) is 0 Å². The summed E-state index contributed by atoms with van der Waals surface area (Å²) in [6.45, 7) is 3.72. The van der Waals surface area contributed by atoms with Crippen LogP contribution in [-0.4, -0.2) is 10.7 Å². The Bertz CT molecular complexity index is 414. The molecule has 2 rings (SSSR count). The molecule has 2 aromatic rings. The van der Waals surface area contributed by atoms with Gasteiger partial charge in [-0.1, -0.05) is 60.7 Å². The zero-order valence-corrected chi connectivity index (χ0v) is 10.3. The lowest BCUT2D eigenvalue weighted by Gasteiger charge is -2.30. The Morgan fingerprint density at radius 2 is 1.12 bits per heavy atom. The highest BCUT2D eigenvalue weighted by Gasteiger charge is 2.29. The second-order valence-electron chi connectivity index (χ2n) is 4.91. The van der Waals surface area contributed by atoms with E-state index in [9.17, 15) is 5.11 Å². The number of aliphatic hydroxyl groups is 1. The van der Waals surface area contributed by atoms with Crippen LogP contribution in [0.2, 0.25) is 0 Å². The van der Waals surface area contributed by atoms with Gasteiger partial charge in [0, 0.05) is 5.92 Å². The number of hydrogen-bond donors (Lipinski definition) is 1. The molecule has 0 spiro atoms. The standard InChI is InChI=1S/C16H18O/c1-16(2,17)15(13-9-5-3-6-10-13)14-11-7-4-8-12-14/h3-12,15,17H,1-2H3. The normalized spacial score (nSPS) is 11.8. The lowest BCUT2D eigenvalue weighted by Crippen LogP contribution is -2.29. The van der Waals surface area contributed by atoms with Crippen LogP contribution in [0, 0.1) is 0 Å². The van der Waals surface area contributed by atoms with E-state index in [-0.39, 0.29) is 5.92 Å². The predicted octanol–water partition coefficient (Wildman–Crippen LogP) is 3.59. The highest BCUT2D eigenvalue weighted by atomic mass is 16.3. The monoisotopic (exact) mass is 226 g/mol. The molecule has 2 aromatic carbocycles. The number of benzene rings is 2. The summed E-state index contributed by atoms with van der Waals surface area (Å²) in [5, 5.41) is 10.4. The summed E-state index contributed by atoms with van der Waals surface area (Å²) in [7, 11) is 0. The second-order valence-corrected chi connectivity index (χ2v) is 4.91.